The third kappa shape index (κ3) is 1.84. The van der Waals surface area contributed by atoms with Crippen molar-refractivity contribution in [3.8, 4) is 0 Å². The van der Waals surface area contributed by atoms with E-state index in [9.17, 15) is 4.39 Å². The second kappa shape index (κ2) is 4.18. The Morgan fingerprint density at radius 3 is 2.72 bits per heavy atom. The molecule has 3 heteroatoms. The molecule has 3 rings (SSSR count). The lowest BCUT2D eigenvalue weighted by Crippen LogP contribution is -1.96. The van der Waals surface area contributed by atoms with Gasteiger partial charge in [0, 0.05) is 29.2 Å². The number of para-hydroxylation sites is 1. The molecule has 0 saturated carbocycles. The summed E-state index contributed by atoms with van der Waals surface area (Å²) < 4.78 is 13.0. The topological polar surface area (TPSA) is 41.8 Å². The fourth-order valence-electron chi connectivity index (χ4n) is 2.21. The highest BCUT2D eigenvalue weighted by molar-refractivity contribution is 5.83. The highest BCUT2D eigenvalue weighted by atomic mass is 19.1. The largest absolute Gasteiger partial charge is 0.398 e. The van der Waals surface area contributed by atoms with Crippen LogP contribution in [0, 0.1) is 5.82 Å². The van der Waals surface area contributed by atoms with E-state index < -0.39 is 0 Å². The molecule has 0 bridgehead atoms. The van der Waals surface area contributed by atoms with Gasteiger partial charge in [0.1, 0.15) is 5.82 Å². The second-order valence-electron chi connectivity index (χ2n) is 4.38. The number of anilines is 1. The first-order chi connectivity index (χ1) is 8.74. The summed E-state index contributed by atoms with van der Waals surface area (Å²) in [6.07, 6.45) is 2.68. The lowest BCUT2D eigenvalue weighted by molar-refractivity contribution is 0.628. The van der Waals surface area contributed by atoms with Gasteiger partial charge in [-0.15, -0.1) is 0 Å². The molecule has 0 saturated heterocycles. The number of benzene rings is 2. The predicted molar refractivity (Wildman–Crippen MR) is 71.9 cm³/mol. The molecule has 2 aromatic carbocycles. The summed E-state index contributed by atoms with van der Waals surface area (Å²) in [5, 5.41) is 1.18. The molecule has 0 aliphatic carbocycles. The molecule has 90 valence electrons. The molecule has 0 atom stereocenters. The molecule has 0 aliphatic heterocycles. The zero-order valence-electron chi connectivity index (χ0n) is 9.78. The van der Waals surface area contributed by atoms with Gasteiger partial charge in [-0.25, -0.2) is 4.39 Å². The molecule has 1 aromatic heterocycles. The molecule has 0 spiro atoms. The number of nitrogens with one attached hydrogen (secondary N) is 1. The lowest BCUT2D eigenvalue weighted by atomic mass is 10.0. The first-order valence-electron chi connectivity index (χ1n) is 5.83. The van der Waals surface area contributed by atoms with Crippen LogP contribution in [0.5, 0.6) is 0 Å². The molecule has 1 heterocycles. The van der Waals surface area contributed by atoms with Crippen molar-refractivity contribution in [1.29, 1.82) is 0 Å². The van der Waals surface area contributed by atoms with Gasteiger partial charge < -0.3 is 10.7 Å². The normalized spacial score (nSPS) is 10.9. The van der Waals surface area contributed by atoms with Crippen LogP contribution in [0.15, 0.2) is 48.7 Å². The Morgan fingerprint density at radius 1 is 1.06 bits per heavy atom. The van der Waals surface area contributed by atoms with E-state index in [1.807, 2.05) is 24.4 Å². The van der Waals surface area contributed by atoms with E-state index in [4.69, 9.17) is 5.73 Å². The zero-order chi connectivity index (χ0) is 12.5. The fraction of sp³-hybridized carbons (Fsp3) is 0.0667. The molecule has 2 nitrogen and oxygen atoms in total. The van der Waals surface area contributed by atoms with E-state index in [0.717, 1.165) is 11.1 Å². The van der Waals surface area contributed by atoms with Gasteiger partial charge >= 0.3 is 0 Å². The maximum absolute atomic E-state index is 13.0. The quantitative estimate of drug-likeness (QED) is 0.661. The van der Waals surface area contributed by atoms with Gasteiger partial charge in [0.2, 0.25) is 0 Å². The van der Waals surface area contributed by atoms with E-state index in [1.165, 1.54) is 23.1 Å². The van der Waals surface area contributed by atoms with Crippen LogP contribution in [-0.2, 0) is 6.42 Å². The number of nitrogens with two attached hydrogens (primary N) is 1. The minimum Gasteiger partial charge on any atom is -0.398 e. The number of hydrogen-bond acceptors (Lipinski definition) is 1. The maximum atomic E-state index is 13.0. The summed E-state index contributed by atoms with van der Waals surface area (Å²) in [6.45, 7) is 0. The van der Waals surface area contributed by atoms with E-state index in [-0.39, 0.29) is 5.82 Å². The smallest absolute Gasteiger partial charge is 0.125 e. The first-order valence-corrected chi connectivity index (χ1v) is 5.83. The Bertz CT molecular complexity index is 701. The summed E-state index contributed by atoms with van der Waals surface area (Å²) in [5.41, 5.74) is 9.55. The summed E-state index contributed by atoms with van der Waals surface area (Å²) in [5.74, 6) is -0.296. The van der Waals surface area contributed by atoms with Crippen LogP contribution >= 0.6 is 0 Å². The van der Waals surface area contributed by atoms with Crippen molar-refractivity contribution in [3.05, 3.63) is 65.6 Å². The van der Waals surface area contributed by atoms with Gasteiger partial charge in [0.05, 0.1) is 0 Å². The minimum absolute atomic E-state index is 0.296. The van der Waals surface area contributed by atoms with Gasteiger partial charge in [-0.3, -0.25) is 0 Å². The fourth-order valence-corrected chi connectivity index (χ4v) is 2.21. The number of aromatic amines is 1. The number of aromatic nitrogens is 1. The number of halogens is 1. The number of hydrogen-bond donors (Lipinski definition) is 2. The van der Waals surface area contributed by atoms with Crippen LogP contribution in [0.1, 0.15) is 11.1 Å². The third-order valence-corrected chi connectivity index (χ3v) is 3.16. The van der Waals surface area contributed by atoms with Crippen molar-refractivity contribution in [2.75, 3.05) is 5.73 Å². The van der Waals surface area contributed by atoms with Crippen LogP contribution in [-0.4, -0.2) is 4.98 Å². The van der Waals surface area contributed by atoms with Crippen LogP contribution in [0.4, 0.5) is 10.1 Å². The molecule has 18 heavy (non-hydrogen) atoms. The number of nitrogen functional groups attached to an aromatic ring is 1. The van der Waals surface area contributed by atoms with Crippen molar-refractivity contribution in [1.82, 2.24) is 4.98 Å². The van der Waals surface area contributed by atoms with Crippen LogP contribution in [0.25, 0.3) is 10.9 Å². The van der Waals surface area contributed by atoms with E-state index in [1.54, 1.807) is 6.07 Å². The van der Waals surface area contributed by atoms with Crippen LogP contribution in [0.3, 0.4) is 0 Å². The standard InChI is InChI=1S/C15H13FN2/c16-12-6-5-10(14(17)8-12)7-11-9-18-15-4-2-1-3-13(11)15/h1-6,8-9,18H,7,17H2. The first kappa shape index (κ1) is 10.8. The molecule has 0 aliphatic rings. The van der Waals surface area contributed by atoms with Gasteiger partial charge in [-0.2, -0.15) is 0 Å². The minimum atomic E-state index is -0.296. The summed E-state index contributed by atoms with van der Waals surface area (Å²) in [4.78, 5) is 3.22. The van der Waals surface area contributed by atoms with Crippen molar-refractivity contribution >= 4 is 16.6 Å². The Hall–Kier alpha value is -2.29. The van der Waals surface area contributed by atoms with Gasteiger partial charge in [0.15, 0.2) is 0 Å². The molecule has 0 radical (unpaired) electrons. The van der Waals surface area contributed by atoms with Crippen LogP contribution in [0.2, 0.25) is 0 Å². The molecule has 0 amide bonds. The molecule has 3 N–H and O–H groups in total. The highest BCUT2D eigenvalue weighted by Crippen LogP contribution is 2.23. The van der Waals surface area contributed by atoms with E-state index in [0.29, 0.717) is 12.1 Å². The Labute approximate surface area is 104 Å². The molecule has 0 fully saturated rings. The predicted octanol–water partition coefficient (Wildman–Crippen LogP) is 3.48. The third-order valence-electron chi connectivity index (χ3n) is 3.16. The number of fused-ring (bicyclic) bond motifs is 1. The van der Waals surface area contributed by atoms with Crippen molar-refractivity contribution < 1.29 is 4.39 Å². The average Bonchev–Trinajstić information content (AvgIpc) is 2.76. The highest BCUT2D eigenvalue weighted by Gasteiger charge is 2.06. The van der Waals surface area contributed by atoms with E-state index >= 15 is 0 Å². The van der Waals surface area contributed by atoms with Crippen molar-refractivity contribution in [2.45, 2.75) is 6.42 Å². The number of rotatable bonds is 2. The monoisotopic (exact) mass is 240 g/mol. The van der Waals surface area contributed by atoms with Crippen molar-refractivity contribution in [3.63, 3.8) is 0 Å². The summed E-state index contributed by atoms with van der Waals surface area (Å²) >= 11 is 0. The Kier molecular flexibility index (Phi) is 2.52. The van der Waals surface area contributed by atoms with Gasteiger partial charge in [-0.1, -0.05) is 24.3 Å². The molecular weight excluding hydrogens is 227 g/mol. The van der Waals surface area contributed by atoms with E-state index in [2.05, 4.69) is 11.1 Å². The van der Waals surface area contributed by atoms with Gasteiger partial charge in [-0.05, 0) is 29.3 Å². The summed E-state index contributed by atoms with van der Waals surface area (Å²) in [6, 6.07) is 12.7. The SMILES string of the molecule is Nc1cc(F)ccc1Cc1c[nH]c2ccccc12. The lowest BCUT2D eigenvalue weighted by Gasteiger charge is -2.04. The second-order valence-corrected chi connectivity index (χ2v) is 4.38. The molecule has 0 unspecified atom stereocenters. The van der Waals surface area contributed by atoms with Crippen molar-refractivity contribution in [2.24, 2.45) is 0 Å². The molecule has 3 aromatic rings. The Balaban J connectivity index is 2.01. The maximum Gasteiger partial charge on any atom is 0.125 e. The van der Waals surface area contributed by atoms with Gasteiger partial charge in [0.25, 0.3) is 0 Å². The summed E-state index contributed by atoms with van der Waals surface area (Å²) in [7, 11) is 0. The average molecular weight is 240 g/mol. The Morgan fingerprint density at radius 2 is 1.89 bits per heavy atom. The molecular formula is C15H13FN2. The number of H-pyrrole nitrogens is 1. The van der Waals surface area contributed by atoms with Crippen LogP contribution < -0.4 is 5.73 Å². The zero-order valence-corrected chi connectivity index (χ0v) is 9.78.